The summed E-state index contributed by atoms with van der Waals surface area (Å²) < 4.78 is 31.3. The van der Waals surface area contributed by atoms with Gasteiger partial charge in [0.15, 0.2) is 5.03 Å². The van der Waals surface area contributed by atoms with Gasteiger partial charge in [-0.25, -0.2) is 4.79 Å². The number of carboxylic acids is 1. The van der Waals surface area contributed by atoms with E-state index >= 15 is 0 Å². The SMILES string of the molecule is COc1ccc(C(=O)O)cc1NS(=O)(=O)c1ccn[nH]1. The molecule has 0 unspecified atom stereocenters. The number of ether oxygens (including phenoxy) is 1. The topological polar surface area (TPSA) is 121 Å². The highest BCUT2D eigenvalue weighted by molar-refractivity contribution is 7.92. The van der Waals surface area contributed by atoms with Gasteiger partial charge < -0.3 is 9.84 Å². The molecule has 0 aliphatic carbocycles. The lowest BCUT2D eigenvalue weighted by atomic mass is 10.2. The Bertz CT molecular complexity index is 725. The van der Waals surface area contributed by atoms with E-state index in [0.29, 0.717) is 0 Å². The third-order valence-corrected chi connectivity index (χ3v) is 3.75. The predicted molar refractivity (Wildman–Crippen MR) is 69.3 cm³/mol. The molecule has 106 valence electrons. The zero-order valence-corrected chi connectivity index (χ0v) is 11.1. The number of aromatic amines is 1. The number of H-pyrrole nitrogens is 1. The maximum absolute atomic E-state index is 12.0. The fourth-order valence-corrected chi connectivity index (χ4v) is 2.49. The Balaban J connectivity index is 2.42. The quantitative estimate of drug-likeness (QED) is 0.754. The number of anilines is 1. The van der Waals surface area contributed by atoms with Crippen LogP contribution in [0.25, 0.3) is 0 Å². The highest BCUT2D eigenvalue weighted by Gasteiger charge is 2.19. The Morgan fingerprint density at radius 3 is 2.70 bits per heavy atom. The van der Waals surface area contributed by atoms with Crippen molar-refractivity contribution < 1.29 is 23.1 Å². The number of hydrogen-bond donors (Lipinski definition) is 3. The first-order valence-electron chi connectivity index (χ1n) is 5.37. The fourth-order valence-electron chi connectivity index (χ4n) is 1.51. The number of aromatic nitrogens is 2. The minimum atomic E-state index is -3.89. The minimum Gasteiger partial charge on any atom is -0.495 e. The molecule has 3 N–H and O–H groups in total. The normalized spacial score (nSPS) is 11.1. The van der Waals surface area contributed by atoms with E-state index in [-0.39, 0.29) is 22.0 Å². The summed E-state index contributed by atoms with van der Waals surface area (Å²) in [4.78, 5) is 10.9. The molecule has 1 heterocycles. The third-order valence-electron chi connectivity index (χ3n) is 2.46. The van der Waals surface area contributed by atoms with Crippen LogP contribution in [0.3, 0.4) is 0 Å². The largest absolute Gasteiger partial charge is 0.495 e. The van der Waals surface area contributed by atoms with Crippen LogP contribution in [0.5, 0.6) is 5.75 Å². The molecule has 0 spiro atoms. The van der Waals surface area contributed by atoms with Gasteiger partial charge in [-0.1, -0.05) is 0 Å². The Kier molecular flexibility index (Phi) is 3.61. The van der Waals surface area contributed by atoms with Crippen molar-refractivity contribution in [1.82, 2.24) is 10.2 Å². The second kappa shape index (κ2) is 5.21. The van der Waals surface area contributed by atoms with Gasteiger partial charge in [0.2, 0.25) is 0 Å². The van der Waals surface area contributed by atoms with Gasteiger partial charge in [-0.2, -0.15) is 13.5 Å². The number of carboxylic acid groups (broad SMARTS) is 1. The van der Waals surface area contributed by atoms with E-state index in [1.54, 1.807) is 0 Å². The number of sulfonamides is 1. The minimum absolute atomic E-state index is 0.0296. The van der Waals surface area contributed by atoms with Crippen LogP contribution in [0, 0.1) is 0 Å². The van der Waals surface area contributed by atoms with Crippen LogP contribution < -0.4 is 9.46 Å². The average molecular weight is 297 g/mol. The van der Waals surface area contributed by atoms with E-state index in [9.17, 15) is 13.2 Å². The molecule has 0 amide bonds. The van der Waals surface area contributed by atoms with Gasteiger partial charge in [0.25, 0.3) is 10.0 Å². The molecule has 1 aromatic carbocycles. The first-order chi connectivity index (χ1) is 9.44. The number of carbonyl (C=O) groups is 1. The van der Waals surface area contributed by atoms with E-state index in [2.05, 4.69) is 14.9 Å². The van der Waals surface area contributed by atoms with Gasteiger partial charge >= 0.3 is 5.97 Å². The Morgan fingerprint density at radius 1 is 1.40 bits per heavy atom. The van der Waals surface area contributed by atoms with Crippen molar-refractivity contribution in [2.45, 2.75) is 5.03 Å². The summed E-state index contributed by atoms with van der Waals surface area (Å²) in [6.07, 6.45) is 1.29. The molecule has 0 saturated carbocycles. The number of methoxy groups -OCH3 is 1. The van der Waals surface area contributed by atoms with Crippen molar-refractivity contribution in [3.63, 3.8) is 0 Å². The number of nitrogens with one attached hydrogen (secondary N) is 2. The van der Waals surface area contributed by atoms with Gasteiger partial charge in [-0.15, -0.1) is 0 Å². The predicted octanol–water partition coefficient (Wildman–Crippen LogP) is 0.917. The smallest absolute Gasteiger partial charge is 0.335 e. The Labute approximate surface area is 114 Å². The Hall–Kier alpha value is -2.55. The summed E-state index contributed by atoms with van der Waals surface area (Å²) in [5.41, 5.74) is -0.0323. The van der Waals surface area contributed by atoms with Crippen molar-refractivity contribution in [2.75, 3.05) is 11.8 Å². The molecule has 0 saturated heterocycles. The maximum atomic E-state index is 12.0. The van der Waals surface area contributed by atoms with Gasteiger partial charge in [0, 0.05) is 0 Å². The van der Waals surface area contributed by atoms with Crippen LogP contribution in [0.1, 0.15) is 10.4 Å². The summed E-state index contributed by atoms with van der Waals surface area (Å²) in [6, 6.07) is 5.13. The van der Waals surface area contributed by atoms with E-state index in [1.807, 2.05) is 0 Å². The molecular weight excluding hydrogens is 286 g/mol. The zero-order valence-electron chi connectivity index (χ0n) is 10.3. The van der Waals surface area contributed by atoms with Gasteiger partial charge in [0.1, 0.15) is 5.75 Å². The summed E-state index contributed by atoms with van der Waals surface area (Å²) in [6.45, 7) is 0. The lowest BCUT2D eigenvalue weighted by molar-refractivity contribution is 0.0697. The second-order valence-corrected chi connectivity index (χ2v) is 5.40. The molecule has 2 rings (SSSR count). The molecule has 0 aliphatic rings. The molecule has 8 nitrogen and oxygen atoms in total. The number of aromatic carboxylic acids is 1. The van der Waals surface area contributed by atoms with Gasteiger partial charge in [-0.3, -0.25) is 9.82 Å². The second-order valence-electron chi connectivity index (χ2n) is 3.75. The van der Waals surface area contributed by atoms with E-state index in [0.717, 1.165) is 0 Å². The third kappa shape index (κ3) is 2.72. The van der Waals surface area contributed by atoms with Crippen molar-refractivity contribution in [3.8, 4) is 5.75 Å². The molecule has 0 aliphatic heterocycles. The number of hydrogen-bond acceptors (Lipinski definition) is 5. The van der Waals surface area contributed by atoms with E-state index in [4.69, 9.17) is 9.84 Å². The van der Waals surface area contributed by atoms with E-state index < -0.39 is 16.0 Å². The van der Waals surface area contributed by atoms with E-state index in [1.165, 1.54) is 37.6 Å². The molecule has 0 bridgehead atoms. The van der Waals surface area contributed by atoms with Gasteiger partial charge in [0.05, 0.1) is 24.6 Å². The number of nitrogens with zero attached hydrogens (tertiary/aromatic N) is 1. The first-order valence-corrected chi connectivity index (χ1v) is 6.86. The number of benzene rings is 1. The molecule has 0 radical (unpaired) electrons. The molecular formula is C11H11N3O5S. The standard InChI is InChI=1S/C11H11N3O5S/c1-19-9-3-2-7(11(15)16)6-8(9)14-20(17,18)10-4-5-12-13-10/h2-6,14H,1H3,(H,12,13)(H,15,16). The van der Waals surface area contributed by atoms with Crippen molar-refractivity contribution in [3.05, 3.63) is 36.0 Å². The van der Waals surface area contributed by atoms with Gasteiger partial charge in [-0.05, 0) is 24.3 Å². The average Bonchev–Trinajstić information content (AvgIpc) is 2.92. The Morgan fingerprint density at radius 2 is 2.15 bits per heavy atom. The molecule has 0 atom stereocenters. The summed E-state index contributed by atoms with van der Waals surface area (Å²) in [5.74, 6) is -0.965. The fraction of sp³-hybridized carbons (Fsp3) is 0.0909. The zero-order chi connectivity index (χ0) is 14.8. The van der Waals surface area contributed by atoms with Crippen LogP contribution in [0.2, 0.25) is 0 Å². The molecule has 2 aromatic rings. The van der Waals surface area contributed by atoms with Crippen molar-refractivity contribution in [2.24, 2.45) is 0 Å². The van der Waals surface area contributed by atoms with Crippen LogP contribution >= 0.6 is 0 Å². The number of rotatable bonds is 5. The van der Waals surface area contributed by atoms with Crippen LogP contribution in [-0.2, 0) is 10.0 Å². The highest BCUT2D eigenvalue weighted by atomic mass is 32.2. The lowest BCUT2D eigenvalue weighted by Gasteiger charge is -2.11. The monoisotopic (exact) mass is 297 g/mol. The van der Waals surface area contributed by atoms with Crippen LogP contribution in [0.15, 0.2) is 35.5 Å². The van der Waals surface area contributed by atoms with Crippen molar-refractivity contribution >= 4 is 21.7 Å². The summed E-state index contributed by atoms with van der Waals surface area (Å²) in [5, 5.41) is 14.6. The molecule has 0 fully saturated rings. The van der Waals surface area contributed by atoms with Crippen LogP contribution in [-0.4, -0.2) is 36.8 Å². The summed E-state index contributed by atoms with van der Waals surface area (Å²) >= 11 is 0. The molecule has 1 aromatic heterocycles. The highest BCUT2D eigenvalue weighted by Crippen LogP contribution is 2.27. The van der Waals surface area contributed by atoms with Crippen molar-refractivity contribution in [1.29, 1.82) is 0 Å². The summed E-state index contributed by atoms with van der Waals surface area (Å²) in [7, 11) is -2.54. The first kappa shape index (κ1) is 13.9. The van der Waals surface area contributed by atoms with Crippen LogP contribution in [0.4, 0.5) is 5.69 Å². The maximum Gasteiger partial charge on any atom is 0.335 e. The molecule has 9 heteroatoms. The molecule has 20 heavy (non-hydrogen) atoms. The lowest BCUT2D eigenvalue weighted by Crippen LogP contribution is -2.14.